The predicted molar refractivity (Wildman–Crippen MR) is 214 cm³/mol. The lowest BCUT2D eigenvalue weighted by Crippen LogP contribution is -2.35. The van der Waals surface area contributed by atoms with Gasteiger partial charge in [-0.05, 0) is 93.7 Å². The normalized spacial score (nSPS) is 16.1. The Labute approximate surface area is 334 Å². The van der Waals surface area contributed by atoms with Gasteiger partial charge >= 0.3 is 5.97 Å². The average Bonchev–Trinajstić information content (AvgIpc) is 3.18. The molecule has 0 radical (unpaired) electrons. The second kappa shape index (κ2) is 20.5. The number of hydrogen-bond acceptors (Lipinski definition) is 13. The second-order valence-corrected chi connectivity index (χ2v) is 14.0. The predicted octanol–water partition coefficient (Wildman–Crippen LogP) is 6.57. The number of phenols is 2. The van der Waals surface area contributed by atoms with Gasteiger partial charge in [-0.2, -0.15) is 0 Å². The number of hydrogen-bond donors (Lipinski definition) is 3. The van der Waals surface area contributed by atoms with E-state index in [0.29, 0.717) is 67.1 Å². The highest BCUT2D eigenvalue weighted by atomic mass is 16.5. The number of carbonyl (C=O) groups excluding carboxylic acids is 3. The molecule has 0 aromatic heterocycles. The summed E-state index contributed by atoms with van der Waals surface area (Å²) in [6.07, 6.45) is 5.53. The molecule has 14 nitrogen and oxygen atoms in total. The van der Waals surface area contributed by atoms with Gasteiger partial charge in [-0.3, -0.25) is 9.59 Å². The molecule has 0 fully saturated rings. The third-order valence-electron chi connectivity index (χ3n) is 10.1. The number of benzene rings is 3. The van der Waals surface area contributed by atoms with Crippen LogP contribution in [0.4, 0.5) is 0 Å². The number of nitrogens with one attached hydrogen (secondary N) is 1. The van der Waals surface area contributed by atoms with Crippen LogP contribution in [0.5, 0.6) is 46.0 Å². The first-order valence-electron chi connectivity index (χ1n) is 18.8. The lowest BCUT2D eigenvalue weighted by atomic mass is 9.84. The van der Waals surface area contributed by atoms with Gasteiger partial charge in [0.15, 0.2) is 23.0 Å². The summed E-state index contributed by atoms with van der Waals surface area (Å²) in [5, 5.41) is 26.8. The van der Waals surface area contributed by atoms with Gasteiger partial charge in [0, 0.05) is 37.3 Å². The van der Waals surface area contributed by atoms with Gasteiger partial charge in [-0.15, -0.1) is 0 Å². The zero-order valence-corrected chi connectivity index (χ0v) is 34.4. The molecule has 0 saturated heterocycles. The quantitative estimate of drug-likeness (QED) is 0.150. The van der Waals surface area contributed by atoms with E-state index in [2.05, 4.69) is 5.32 Å². The van der Waals surface area contributed by atoms with E-state index in [4.69, 9.17) is 33.2 Å². The molecule has 3 aromatic carbocycles. The summed E-state index contributed by atoms with van der Waals surface area (Å²) in [4.78, 5) is 42.2. The van der Waals surface area contributed by atoms with E-state index in [-0.39, 0.29) is 58.7 Å². The number of fused-ring (bicyclic) bond motifs is 1. The third kappa shape index (κ3) is 10.6. The number of aromatic hydroxyl groups is 2. The van der Waals surface area contributed by atoms with Crippen LogP contribution in [0.25, 0.3) is 6.08 Å². The molecule has 310 valence electrons. The van der Waals surface area contributed by atoms with E-state index in [1.165, 1.54) is 48.7 Å². The maximum Gasteiger partial charge on any atom is 0.342 e. The number of rotatable bonds is 14. The SMILES string of the molecule is COc1cc(C(CC(=O)NCC(c2cc(OC)c(OC)c(OC)c2)N(C)C)c2c(O)cc3c(c2O)C(=O)OC(C)CCCC(=O)CCCC=C3)cc(OC)c1OC. The van der Waals surface area contributed by atoms with Crippen molar-refractivity contribution in [3.8, 4) is 46.0 Å². The third-order valence-corrected chi connectivity index (χ3v) is 10.1. The molecule has 14 heteroatoms. The van der Waals surface area contributed by atoms with Crippen molar-refractivity contribution in [3.63, 3.8) is 0 Å². The topological polar surface area (TPSA) is 172 Å². The Kier molecular flexibility index (Phi) is 15.9. The molecule has 1 aliphatic rings. The Morgan fingerprint density at radius 1 is 0.825 bits per heavy atom. The number of nitrogens with zero attached hydrogens (tertiary/aromatic N) is 1. The van der Waals surface area contributed by atoms with Crippen LogP contribution in [0.2, 0.25) is 0 Å². The molecule has 3 N–H and O–H groups in total. The maximum atomic E-state index is 14.1. The van der Waals surface area contributed by atoms with Crippen LogP contribution in [-0.2, 0) is 14.3 Å². The summed E-state index contributed by atoms with van der Waals surface area (Å²) in [5.41, 5.74) is 1.19. The zero-order valence-electron chi connectivity index (χ0n) is 34.4. The van der Waals surface area contributed by atoms with Gasteiger partial charge in [0.2, 0.25) is 17.4 Å². The van der Waals surface area contributed by atoms with E-state index in [1.54, 1.807) is 31.2 Å². The number of ketones is 1. The van der Waals surface area contributed by atoms with Crippen LogP contribution in [0.1, 0.15) is 96.4 Å². The smallest absolute Gasteiger partial charge is 0.342 e. The van der Waals surface area contributed by atoms with Gasteiger partial charge < -0.3 is 53.6 Å². The van der Waals surface area contributed by atoms with Gasteiger partial charge in [0.1, 0.15) is 22.8 Å². The summed E-state index contributed by atoms with van der Waals surface area (Å²) >= 11 is 0. The monoisotopic (exact) mass is 792 g/mol. The number of amides is 1. The Morgan fingerprint density at radius 2 is 1.37 bits per heavy atom. The Bertz CT molecular complexity index is 1870. The fourth-order valence-electron chi connectivity index (χ4n) is 7.07. The van der Waals surface area contributed by atoms with Crippen LogP contribution in [0.3, 0.4) is 0 Å². The highest BCUT2D eigenvalue weighted by molar-refractivity contribution is 5.98. The van der Waals surface area contributed by atoms with Crippen molar-refractivity contribution in [1.82, 2.24) is 10.2 Å². The first-order chi connectivity index (χ1) is 27.3. The molecule has 1 aliphatic heterocycles. The van der Waals surface area contributed by atoms with Crippen molar-refractivity contribution in [2.45, 2.75) is 69.9 Å². The van der Waals surface area contributed by atoms with Crippen molar-refractivity contribution < 1.29 is 57.8 Å². The molecule has 4 rings (SSSR count). The summed E-state index contributed by atoms with van der Waals surface area (Å²) in [6.45, 7) is 1.87. The lowest BCUT2D eigenvalue weighted by Gasteiger charge is -2.27. The fourth-order valence-corrected chi connectivity index (χ4v) is 7.07. The van der Waals surface area contributed by atoms with Gasteiger partial charge in [0.25, 0.3) is 0 Å². The van der Waals surface area contributed by atoms with Crippen LogP contribution in [0, 0.1) is 0 Å². The molecule has 3 atom stereocenters. The number of likely N-dealkylation sites (N-methyl/N-ethyl adjacent to an activating group) is 1. The maximum absolute atomic E-state index is 14.1. The van der Waals surface area contributed by atoms with E-state index in [0.717, 1.165) is 5.56 Å². The minimum absolute atomic E-state index is 0.0725. The molecular formula is C43H56N2O12. The molecule has 3 unspecified atom stereocenters. The molecule has 0 spiro atoms. The molecule has 1 amide bonds. The molecule has 57 heavy (non-hydrogen) atoms. The highest BCUT2D eigenvalue weighted by Gasteiger charge is 2.33. The van der Waals surface area contributed by atoms with Crippen LogP contribution in [-0.4, -0.2) is 102 Å². The number of phenolic OH excluding ortho intramolecular Hbond substituents is 2. The standard InChI is InChI=1S/C43H56N2O12/c1-25-14-13-17-29(46)16-12-10-11-15-26-18-32(47)39(40(49)38(26)43(50)57-25)30(27-19-33(51-4)41(55-8)34(20-27)52-5)23-37(48)44-24-31(45(2)3)28-21-35(53-6)42(56-9)36(22-28)54-7/h11,15,18-22,25,30-31,47,49H,10,12-14,16-17,23-24H2,1-9H3,(H,44,48). The van der Waals surface area contributed by atoms with E-state index in [9.17, 15) is 24.6 Å². The molecule has 1 heterocycles. The number of carbonyl (C=O) groups is 3. The molecule has 0 bridgehead atoms. The van der Waals surface area contributed by atoms with Crippen molar-refractivity contribution >= 4 is 23.7 Å². The Hall–Kier alpha value is -5.63. The largest absolute Gasteiger partial charge is 0.507 e. The van der Waals surface area contributed by atoms with Crippen LogP contribution < -0.4 is 33.7 Å². The number of methoxy groups -OCH3 is 6. The zero-order chi connectivity index (χ0) is 41.8. The van der Waals surface area contributed by atoms with Gasteiger partial charge in [0.05, 0.1) is 54.8 Å². The first-order valence-corrected chi connectivity index (χ1v) is 18.8. The first kappa shape index (κ1) is 44.1. The van der Waals surface area contributed by atoms with Crippen molar-refractivity contribution in [1.29, 1.82) is 0 Å². The Balaban J connectivity index is 1.83. The molecule has 0 saturated carbocycles. The number of esters is 1. The van der Waals surface area contributed by atoms with Crippen LogP contribution >= 0.6 is 0 Å². The van der Waals surface area contributed by atoms with Crippen LogP contribution in [0.15, 0.2) is 36.4 Å². The summed E-state index contributed by atoms with van der Waals surface area (Å²) in [7, 11) is 12.7. The van der Waals surface area contributed by atoms with Crippen molar-refractivity contribution in [2.24, 2.45) is 0 Å². The molecule has 3 aromatic rings. The summed E-state index contributed by atoms with van der Waals surface area (Å²) in [5.74, 6) is -0.829. The highest BCUT2D eigenvalue weighted by Crippen LogP contribution is 2.48. The van der Waals surface area contributed by atoms with Crippen molar-refractivity contribution in [3.05, 3.63) is 64.2 Å². The number of Topliss-reactive ketones (excluding diaryl/α,β-unsaturated/α-hetero) is 1. The van der Waals surface area contributed by atoms with E-state index >= 15 is 0 Å². The fraction of sp³-hybridized carbons (Fsp3) is 0.465. The number of ether oxygens (including phenoxy) is 7. The van der Waals surface area contributed by atoms with Gasteiger partial charge in [-0.1, -0.05) is 12.2 Å². The minimum Gasteiger partial charge on any atom is -0.507 e. The van der Waals surface area contributed by atoms with E-state index < -0.39 is 29.6 Å². The second-order valence-electron chi connectivity index (χ2n) is 14.0. The van der Waals surface area contributed by atoms with Crippen molar-refractivity contribution in [2.75, 3.05) is 63.3 Å². The minimum atomic E-state index is -1.05. The lowest BCUT2D eigenvalue weighted by molar-refractivity contribution is -0.121. The average molecular weight is 793 g/mol. The van der Waals surface area contributed by atoms with E-state index in [1.807, 2.05) is 31.1 Å². The molecular weight excluding hydrogens is 736 g/mol. The number of cyclic esters (lactones) is 1. The molecule has 0 aliphatic carbocycles. The van der Waals surface area contributed by atoms with Gasteiger partial charge in [-0.25, -0.2) is 4.79 Å². The Morgan fingerprint density at radius 3 is 1.89 bits per heavy atom. The summed E-state index contributed by atoms with van der Waals surface area (Å²) < 4.78 is 39.2. The summed E-state index contributed by atoms with van der Waals surface area (Å²) in [6, 6.07) is 7.91. The number of allylic oxidation sites excluding steroid dienone is 1.